The van der Waals surface area contributed by atoms with Crippen LogP contribution >= 0.6 is 0 Å². The number of allylic oxidation sites excluding steroid dienone is 3. The highest BCUT2D eigenvalue weighted by Gasteiger charge is 2.38. The van der Waals surface area contributed by atoms with Gasteiger partial charge in [0.2, 0.25) is 0 Å². The second-order valence-corrected chi connectivity index (χ2v) is 13.0. The molecule has 3 heterocycles. The zero-order valence-electron chi connectivity index (χ0n) is 25.1. The highest BCUT2D eigenvalue weighted by molar-refractivity contribution is 7.92. The van der Waals surface area contributed by atoms with Crippen LogP contribution in [0.5, 0.6) is 11.5 Å². The highest BCUT2D eigenvalue weighted by atomic mass is 32.2. The average Bonchev–Trinajstić information content (AvgIpc) is 3.43. The molecule has 0 saturated heterocycles. The van der Waals surface area contributed by atoms with Crippen molar-refractivity contribution < 1.29 is 27.4 Å². The van der Waals surface area contributed by atoms with Crippen LogP contribution in [0, 0.1) is 6.92 Å². The molecule has 1 aliphatic heterocycles. The van der Waals surface area contributed by atoms with Gasteiger partial charge in [0.1, 0.15) is 17.6 Å². The Morgan fingerprint density at radius 2 is 1.72 bits per heavy atom. The quantitative estimate of drug-likeness (QED) is 0.288. The van der Waals surface area contributed by atoms with E-state index < -0.39 is 27.1 Å². The summed E-state index contributed by atoms with van der Waals surface area (Å²) >= 11 is 0. The minimum absolute atomic E-state index is 0.204. The van der Waals surface area contributed by atoms with Crippen LogP contribution in [0.4, 0.5) is 0 Å². The molecule has 10 heteroatoms. The maximum atomic E-state index is 14.1. The van der Waals surface area contributed by atoms with Crippen LogP contribution < -0.4 is 9.47 Å². The van der Waals surface area contributed by atoms with Crippen molar-refractivity contribution in [1.82, 2.24) is 15.0 Å². The van der Waals surface area contributed by atoms with Crippen molar-refractivity contribution in [3.8, 4) is 11.5 Å². The molecule has 2 aliphatic rings. The SMILES string of the molecule is COc1cccc(OC)c1C1C(CS(=O)(=O)[C@@H](C)[C@H](OC)c2ncc(C3=CCOCC3)cn2)=CC=C1c1cncc(C)c1. The third-order valence-electron chi connectivity index (χ3n) is 8.00. The minimum Gasteiger partial charge on any atom is -0.496 e. The van der Waals surface area contributed by atoms with Gasteiger partial charge in [0.25, 0.3) is 0 Å². The minimum atomic E-state index is -3.76. The number of rotatable bonds is 11. The molecule has 3 atom stereocenters. The number of nitrogens with zero attached hydrogens (tertiary/aromatic N) is 3. The van der Waals surface area contributed by atoms with Gasteiger partial charge >= 0.3 is 0 Å². The van der Waals surface area contributed by atoms with Gasteiger partial charge in [-0.2, -0.15) is 0 Å². The summed E-state index contributed by atoms with van der Waals surface area (Å²) in [5, 5.41) is -0.920. The third-order valence-corrected chi connectivity index (χ3v) is 10.1. The van der Waals surface area contributed by atoms with Crippen molar-refractivity contribution in [3.63, 3.8) is 0 Å². The third kappa shape index (κ3) is 6.41. The van der Waals surface area contributed by atoms with Crippen LogP contribution in [0.1, 0.15) is 53.4 Å². The van der Waals surface area contributed by atoms with Crippen molar-refractivity contribution in [2.24, 2.45) is 0 Å². The average molecular weight is 604 g/mol. The van der Waals surface area contributed by atoms with Gasteiger partial charge in [-0.1, -0.05) is 24.3 Å². The molecule has 0 amide bonds. The van der Waals surface area contributed by atoms with Crippen LogP contribution in [-0.2, 0) is 19.3 Å². The molecule has 0 N–H and O–H groups in total. The highest BCUT2D eigenvalue weighted by Crippen LogP contribution is 2.49. The molecule has 226 valence electrons. The molecule has 0 radical (unpaired) electrons. The Morgan fingerprint density at radius 3 is 2.33 bits per heavy atom. The summed E-state index contributed by atoms with van der Waals surface area (Å²) in [4.78, 5) is 13.4. The lowest BCUT2D eigenvalue weighted by molar-refractivity contribution is 0.0949. The molecule has 0 fully saturated rings. The Labute approximate surface area is 253 Å². The van der Waals surface area contributed by atoms with E-state index in [0.717, 1.165) is 39.8 Å². The molecule has 2 aromatic heterocycles. The van der Waals surface area contributed by atoms with Crippen LogP contribution in [0.3, 0.4) is 0 Å². The fourth-order valence-electron chi connectivity index (χ4n) is 5.70. The first-order chi connectivity index (χ1) is 20.8. The Kier molecular flexibility index (Phi) is 9.39. The van der Waals surface area contributed by atoms with E-state index in [-0.39, 0.29) is 5.75 Å². The standard InChI is InChI=1S/C33H37N3O6S/c1-21-15-25(17-34-16-21)27-10-9-24(30(27)31-28(39-3)7-6-8-29(31)40-4)20-43(37,38)22(2)32(41-5)33-35-18-26(19-36-33)23-11-13-42-14-12-23/h6-11,15-19,22,30,32H,12-14,20H2,1-5H3/t22-,30?,32-/m0/s1. The molecule has 43 heavy (non-hydrogen) atoms. The smallest absolute Gasteiger partial charge is 0.159 e. The van der Waals surface area contributed by atoms with Crippen LogP contribution in [0.2, 0.25) is 0 Å². The lowest BCUT2D eigenvalue weighted by Gasteiger charge is -2.26. The maximum absolute atomic E-state index is 14.1. The topological polar surface area (TPSA) is 110 Å². The molecule has 0 bridgehead atoms. The van der Waals surface area contributed by atoms with E-state index in [4.69, 9.17) is 18.9 Å². The van der Waals surface area contributed by atoms with E-state index in [1.165, 1.54) is 7.11 Å². The van der Waals surface area contributed by atoms with E-state index in [1.54, 1.807) is 45.9 Å². The molecule has 1 unspecified atom stereocenters. The van der Waals surface area contributed by atoms with Gasteiger partial charge in [-0.15, -0.1) is 0 Å². The van der Waals surface area contributed by atoms with Crippen molar-refractivity contribution in [1.29, 1.82) is 0 Å². The van der Waals surface area contributed by atoms with E-state index in [9.17, 15) is 8.42 Å². The number of sulfone groups is 1. The number of ether oxygens (including phenoxy) is 4. The summed E-state index contributed by atoms with van der Waals surface area (Å²) in [6.45, 7) is 4.83. The summed E-state index contributed by atoms with van der Waals surface area (Å²) in [5.74, 6) is 0.905. The van der Waals surface area contributed by atoms with Crippen LogP contribution in [0.15, 0.2) is 72.9 Å². The molecular weight excluding hydrogens is 566 g/mol. The molecule has 3 aromatic rings. The summed E-state index contributed by atoms with van der Waals surface area (Å²) < 4.78 is 50.7. The molecule has 1 aliphatic carbocycles. The normalized spacial score (nSPS) is 18.3. The Hall–Kier alpha value is -3.86. The van der Waals surface area contributed by atoms with Gasteiger partial charge in [-0.3, -0.25) is 4.98 Å². The number of methoxy groups -OCH3 is 3. The van der Waals surface area contributed by atoms with Crippen LogP contribution in [0.25, 0.3) is 11.1 Å². The molecule has 9 nitrogen and oxygen atoms in total. The molecular formula is C33H37N3O6S. The fourth-order valence-corrected chi connectivity index (χ4v) is 7.30. The second-order valence-electron chi connectivity index (χ2n) is 10.7. The van der Waals surface area contributed by atoms with Crippen molar-refractivity contribution in [3.05, 3.63) is 101 Å². The van der Waals surface area contributed by atoms with Crippen molar-refractivity contribution in [2.75, 3.05) is 40.3 Å². The Bertz CT molecular complexity index is 1640. The first kappa shape index (κ1) is 30.6. The van der Waals surface area contributed by atoms with E-state index in [0.29, 0.717) is 36.1 Å². The van der Waals surface area contributed by atoms with Gasteiger partial charge in [-0.25, -0.2) is 18.4 Å². The monoisotopic (exact) mass is 603 g/mol. The number of benzene rings is 1. The van der Waals surface area contributed by atoms with Gasteiger partial charge < -0.3 is 18.9 Å². The van der Waals surface area contributed by atoms with Gasteiger partial charge in [0.15, 0.2) is 15.7 Å². The molecule has 1 aromatic carbocycles. The lowest BCUT2D eigenvalue weighted by Crippen LogP contribution is -2.31. The zero-order chi connectivity index (χ0) is 30.6. The van der Waals surface area contributed by atoms with Crippen molar-refractivity contribution >= 4 is 21.0 Å². The predicted octanol–water partition coefficient (Wildman–Crippen LogP) is 5.30. The molecule has 0 spiro atoms. The van der Waals surface area contributed by atoms with Crippen LogP contribution in [-0.4, -0.2) is 68.9 Å². The van der Waals surface area contributed by atoms with E-state index in [1.807, 2.05) is 49.4 Å². The van der Waals surface area contributed by atoms with Gasteiger partial charge in [0, 0.05) is 48.9 Å². The summed E-state index contributed by atoms with van der Waals surface area (Å²) in [5.41, 5.74) is 6.29. The summed E-state index contributed by atoms with van der Waals surface area (Å²) in [7, 11) is 0.918. The predicted molar refractivity (Wildman–Crippen MR) is 166 cm³/mol. The Balaban J connectivity index is 1.46. The first-order valence-corrected chi connectivity index (χ1v) is 15.9. The van der Waals surface area contributed by atoms with Crippen molar-refractivity contribution in [2.45, 2.75) is 37.5 Å². The lowest BCUT2D eigenvalue weighted by atomic mass is 9.84. The summed E-state index contributed by atoms with van der Waals surface area (Å²) in [6.07, 6.45) is 12.8. The zero-order valence-corrected chi connectivity index (χ0v) is 25.9. The fraction of sp³-hybridized carbons (Fsp3) is 0.364. The number of aromatic nitrogens is 3. The largest absolute Gasteiger partial charge is 0.496 e. The Morgan fingerprint density at radius 1 is 1.00 bits per heavy atom. The number of hydrogen-bond acceptors (Lipinski definition) is 9. The van der Waals surface area contributed by atoms with E-state index >= 15 is 0 Å². The number of pyridine rings is 1. The number of aryl methyl sites for hydroxylation is 1. The molecule has 5 rings (SSSR count). The molecule has 0 saturated carbocycles. The second kappa shape index (κ2) is 13.2. The summed E-state index contributed by atoms with van der Waals surface area (Å²) in [6, 6.07) is 7.60. The first-order valence-electron chi connectivity index (χ1n) is 14.1. The van der Waals surface area contributed by atoms with Gasteiger partial charge in [-0.05, 0) is 66.3 Å². The number of hydrogen-bond donors (Lipinski definition) is 0. The van der Waals surface area contributed by atoms with E-state index in [2.05, 4.69) is 15.0 Å². The maximum Gasteiger partial charge on any atom is 0.159 e. The van der Waals surface area contributed by atoms with Gasteiger partial charge in [0.05, 0.1) is 38.4 Å².